The van der Waals surface area contributed by atoms with Crippen molar-refractivity contribution in [2.75, 3.05) is 13.1 Å². The van der Waals surface area contributed by atoms with Crippen LogP contribution in [0.4, 0.5) is 0 Å². The molecule has 144 valence electrons. The first-order valence-electron chi connectivity index (χ1n) is 9.62. The molecule has 0 aliphatic carbocycles. The van der Waals surface area contributed by atoms with Crippen LogP contribution in [-0.4, -0.2) is 44.9 Å². The van der Waals surface area contributed by atoms with Crippen LogP contribution in [0.15, 0.2) is 48.8 Å². The van der Waals surface area contributed by atoms with E-state index in [-0.39, 0.29) is 5.91 Å². The summed E-state index contributed by atoms with van der Waals surface area (Å²) < 4.78 is 0. The van der Waals surface area contributed by atoms with E-state index in [0.717, 1.165) is 54.5 Å². The van der Waals surface area contributed by atoms with Crippen molar-refractivity contribution < 1.29 is 14.7 Å². The third kappa shape index (κ3) is 3.76. The Morgan fingerprint density at radius 2 is 1.89 bits per heavy atom. The smallest absolute Gasteiger partial charge is 0.335 e. The Labute approximate surface area is 163 Å². The van der Waals surface area contributed by atoms with E-state index < -0.39 is 5.97 Å². The topological polar surface area (TPSA) is 86.3 Å². The number of aromatic amines is 1. The minimum atomic E-state index is -0.878. The minimum absolute atomic E-state index is 0.133. The summed E-state index contributed by atoms with van der Waals surface area (Å²) in [6.45, 7) is 1.44. The molecule has 3 aromatic rings. The lowest BCUT2D eigenvalue weighted by Crippen LogP contribution is -2.39. The number of fused-ring (bicyclic) bond motifs is 1. The van der Waals surface area contributed by atoms with Gasteiger partial charge in [-0.25, -0.2) is 9.78 Å². The Morgan fingerprint density at radius 1 is 1.11 bits per heavy atom. The van der Waals surface area contributed by atoms with Gasteiger partial charge < -0.3 is 15.0 Å². The quantitative estimate of drug-likeness (QED) is 0.714. The highest BCUT2D eigenvalue weighted by Gasteiger charge is 2.24. The first-order valence-corrected chi connectivity index (χ1v) is 9.62. The predicted molar refractivity (Wildman–Crippen MR) is 106 cm³/mol. The van der Waals surface area contributed by atoms with E-state index in [9.17, 15) is 14.7 Å². The first-order chi connectivity index (χ1) is 13.6. The number of aromatic nitrogens is 2. The van der Waals surface area contributed by atoms with Crippen LogP contribution in [0.2, 0.25) is 0 Å². The van der Waals surface area contributed by atoms with Crippen LogP contribution >= 0.6 is 0 Å². The number of carbonyl (C=O) groups is 2. The molecule has 3 heterocycles. The molecule has 6 heteroatoms. The maximum Gasteiger partial charge on any atom is 0.335 e. The van der Waals surface area contributed by atoms with Gasteiger partial charge in [-0.2, -0.15) is 0 Å². The summed E-state index contributed by atoms with van der Waals surface area (Å²) in [6, 6.07) is 11.1. The molecule has 1 aromatic carbocycles. The normalized spacial score (nSPS) is 15.1. The van der Waals surface area contributed by atoms with Crippen LogP contribution in [-0.2, 0) is 17.6 Å². The van der Waals surface area contributed by atoms with Crippen LogP contribution in [0.3, 0.4) is 0 Å². The van der Waals surface area contributed by atoms with E-state index in [1.807, 2.05) is 35.4 Å². The van der Waals surface area contributed by atoms with Crippen molar-refractivity contribution in [3.63, 3.8) is 0 Å². The van der Waals surface area contributed by atoms with E-state index in [4.69, 9.17) is 0 Å². The average molecular weight is 377 g/mol. The van der Waals surface area contributed by atoms with Gasteiger partial charge >= 0.3 is 5.97 Å². The highest BCUT2D eigenvalue weighted by atomic mass is 16.4. The molecule has 2 N–H and O–H groups in total. The zero-order valence-electron chi connectivity index (χ0n) is 15.6. The highest BCUT2D eigenvalue weighted by Crippen LogP contribution is 2.24. The number of benzene rings is 1. The van der Waals surface area contributed by atoms with Crippen LogP contribution in [0, 0.1) is 5.92 Å². The highest BCUT2D eigenvalue weighted by molar-refractivity contribution is 5.89. The van der Waals surface area contributed by atoms with E-state index in [1.165, 1.54) is 0 Å². The van der Waals surface area contributed by atoms with Crippen molar-refractivity contribution in [1.29, 1.82) is 0 Å². The maximum absolute atomic E-state index is 12.7. The molecule has 4 rings (SSSR count). The summed E-state index contributed by atoms with van der Waals surface area (Å²) in [4.78, 5) is 33.4. The van der Waals surface area contributed by atoms with Gasteiger partial charge in [-0.15, -0.1) is 0 Å². The Morgan fingerprint density at radius 3 is 2.68 bits per heavy atom. The number of hydrogen-bond acceptors (Lipinski definition) is 3. The Kier molecular flexibility index (Phi) is 5.10. The summed E-state index contributed by atoms with van der Waals surface area (Å²) in [5, 5.41) is 10.3. The monoisotopic (exact) mass is 377 g/mol. The molecule has 0 atom stereocenters. The molecular weight excluding hydrogens is 354 g/mol. The second kappa shape index (κ2) is 7.84. The van der Waals surface area contributed by atoms with E-state index in [1.54, 1.807) is 18.3 Å². The van der Waals surface area contributed by atoms with Crippen LogP contribution < -0.4 is 0 Å². The number of likely N-dealkylation sites (tertiary alicyclic amines) is 1. The lowest BCUT2D eigenvalue weighted by atomic mass is 9.88. The van der Waals surface area contributed by atoms with Gasteiger partial charge in [0.25, 0.3) is 0 Å². The number of pyridine rings is 1. The summed E-state index contributed by atoms with van der Waals surface area (Å²) in [7, 11) is 0. The molecule has 0 unspecified atom stereocenters. The second-order valence-electron chi connectivity index (χ2n) is 7.38. The lowest BCUT2D eigenvalue weighted by molar-refractivity contribution is -0.131. The average Bonchev–Trinajstić information content (AvgIpc) is 3.12. The van der Waals surface area contributed by atoms with Crippen LogP contribution in [0.1, 0.15) is 34.3 Å². The molecule has 0 bridgehead atoms. The predicted octanol–water partition coefficient (Wildman–Crippen LogP) is 3.28. The lowest BCUT2D eigenvalue weighted by Gasteiger charge is -2.32. The molecule has 1 aliphatic heterocycles. The van der Waals surface area contributed by atoms with Gasteiger partial charge in [-0.05, 0) is 54.5 Å². The van der Waals surface area contributed by atoms with E-state index >= 15 is 0 Å². The number of H-pyrrole nitrogens is 1. The fourth-order valence-corrected chi connectivity index (χ4v) is 4.04. The summed E-state index contributed by atoms with van der Waals surface area (Å²) in [6.07, 6.45) is 6.52. The number of carbonyl (C=O) groups excluding carboxylic acids is 1. The first kappa shape index (κ1) is 18.2. The molecule has 0 radical (unpaired) electrons. The van der Waals surface area contributed by atoms with E-state index in [0.29, 0.717) is 17.9 Å². The Hall–Kier alpha value is -3.15. The van der Waals surface area contributed by atoms with Gasteiger partial charge in [-0.3, -0.25) is 4.79 Å². The minimum Gasteiger partial charge on any atom is -0.478 e. The summed E-state index contributed by atoms with van der Waals surface area (Å²) >= 11 is 0. The van der Waals surface area contributed by atoms with Crippen molar-refractivity contribution in [2.45, 2.75) is 25.7 Å². The molecule has 1 aliphatic rings. The third-order valence-electron chi connectivity index (χ3n) is 5.60. The van der Waals surface area contributed by atoms with Crippen LogP contribution in [0.5, 0.6) is 0 Å². The van der Waals surface area contributed by atoms with Crippen molar-refractivity contribution in [2.24, 2.45) is 5.92 Å². The Balaban J connectivity index is 1.35. The number of hydrogen-bond donors (Lipinski definition) is 2. The number of piperidine rings is 1. The molecule has 0 spiro atoms. The zero-order chi connectivity index (χ0) is 19.5. The molecule has 6 nitrogen and oxygen atoms in total. The van der Waals surface area contributed by atoms with Gasteiger partial charge in [-0.1, -0.05) is 18.2 Å². The molecule has 2 aromatic heterocycles. The molecule has 1 fully saturated rings. The Bertz CT molecular complexity index is 1000. The fraction of sp³-hybridized carbons (Fsp3) is 0.318. The van der Waals surface area contributed by atoms with Crippen LogP contribution in [0.25, 0.3) is 11.0 Å². The number of amides is 1. The molecule has 1 saturated heterocycles. The number of nitrogens with zero attached hydrogens (tertiary/aromatic N) is 2. The molecular formula is C22H23N3O3. The summed E-state index contributed by atoms with van der Waals surface area (Å²) in [5.74, 6) is -0.340. The van der Waals surface area contributed by atoms with Crippen molar-refractivity contribution in [3.8, 4) is 0 Å². The standard InChI is InChI=1S/C22H23N3O3/c26-20(13-17-14-24-21-18(17)6-3-9-23-21)25-10-7-15(8-11-25)12-16-4-1-2-5-19(16)22(27)28/h1-6,9,14-15H,7-8,10-13H2,(H,23,24)(H,27,28). The van der Waals surface area contributed by atoms with Crippen molar-refractivity contribution >= 4 is 22.9 Å². The molecule has 1 amide bonds. The largest absolute Gasteiger partial charge is 0.478 e. The SMILES string of the molecule is O=C(O)c1ccccc1CC1CCN(C(=O)Cc2c[nH]c3ncccc23)CC1. The van der Waals surface area contributed by atoms with Gasteiger partial charge in [0.1, 0.15) is 5.65 Å². The zero-order valence-corrected chi connectivity index (χ0v) is 15.6. The number of rotatable bonds is 5. The van der Waals surface area contributed by atoms with Crippen molar-refractivity contribution in [1.82, 2.24) is 14.9 Å². The van der Waals surface area contributed by atoms with Gasteiger partial charge in [0.15, 0.2) is 0 Å². The third-order valence-corrected chi connectivity index (χ3v) is 5.60. The number of carboxylic acids is 1. The fourth-order valence-electron chi connectivity index (χ4n) is 4.04. The molecule has 28 heavy (non-hydrogen) atoms. The second-order valence-corrected chi connectivity index (χ2v) is 7.38. The number of carboxylic acid groups (broad SMARTS) is 1. The summed E-state index contributed by atoms with van der Waals surface area (Å²) in [5.41, 5.74) is 3.05. The van der Waals surface area contributed by atoms with E-state index in [2.05, 4.69) is 9.97 Å². The van der Waals surface area contributed by atoms with Gasteiger partial charge in [0, 0.05) is 30.9 Å². The number of aromatic carboxylic acids is 1. The maximum atomic E-state index is 12.7. The van der Waals surface area contributed by atoms with Crippen molar-refractivity contribution in [3.05, 3.63) is 65.5 Å². The molecule has 0 saturated carbocycles. The van der Waals surface area contributed by atoms with Gasteiger partial charge in [0.05, 0.1) is 12.0 Å². The number of nitrogens with one attached hydrogen (secondary N) is 1. The van der Waals surface area contributed by atoms with Gasteiger partial charge in [0.2, 0.25) is 5.91 Å².